The van der Waals surface area contributed by atoms with Gasteiger partial charge in [0.15, 0.2) is 11.5 Å². The average Bonchev–Trinajstić information content (AvgIpc) is 2.48. The summed E-state index contributed by atoms with van der Waals surface area (Å²) < 4.78 is 16.8. The van der Waals surface area contributed by atoms with Crippen molar-refractivity contribution in [2.24, 2.45) is 5.84 Å². The molecule has 0 aliphatic carbocycles. The van der Waals surface area contributed by atoms with E-state index in [4.69, 9.17) is 20.1 Å². The van der Waals surface area contributed by atoms with Crippen molar-refractivity contribution in [3.8, 4) is 11.5 Å². The number of nitrogens with two attached hydrogens (primary N) is 1. The Hall–Kier alpha value is -1.30. The van der Waals surface area contributed by atoms with Gasteiger partial charge < -0.3 is 14.2 Å². The third-order valence-corrected chi connectivity index (χ3v) is 3.76. The van der Waals surface area contributed by atoms with Gasteiger partial charge in [0.25, 0.3) is 0 Å². The summed E-state index contributed by atoms with van der Waals surface area (Å²) in [5.74, 6) is 7.32. The van der Waals surface area contributed by atoms with Gasteiger partial charge in [0.2, 0.25) is 0 Å². The molecular weight excluding hydrogens is 256 g/mol. The molecule has 0 saturated carbocycles. The first-order valence-electron chi connectivity index (χ1n) is 6.97. The highest BCUT2D eigenvalue weighted by atomic mass is 16.6. The van der Waals surface area contributed by atoms with Gasteiger partial charge in [0.05, 0.1) is 5.60 Å². The topological polar surface area (TPSA) is 65.7 Å². The summed E-state index contributed by atoms with van der Waals surface area (Å²) in [6, 6.07) is 5.93. The zero-order valence-electron chi connectivity index (χ0n) is 12.4. The molecule has 1 heterocycles. The number of para-hydroxylation sites is 1. The van der Waals surface area contributed by atoms with Crippen LogP contribution in [0, 0.1) is 0 Å². The van der Waals surface area contributed by atoms with E-state index < -0.39 is 0 Å². The number of fused-ring (bicyclic) bond motifs is 1. The molecule has 1 unspecified atom stereocenters. The number of nitrogens with one attached hydrogen (secondary N) is 1. The second kappa shape index (κ2) is 6.43. The zero-order chi connectivity index (χ0) is 14.6. The molecule has 0 amide bonds. The van der Waals surface area contributed by atoms with Crippen LogP contribution in [0.3, 0.4) is 0 Å². The molecule has 3 N–H and O–H groups in total. The molecule has 2 rings (SSSR count). The Bertz CT molecular complexity index is 449. The fourth-order valence-electron chi connectivity index (χ4n) is 2.29. The number of hydrogen-bond acceptors (Lipinski definition) is 5. The molecule has 1 aromatic rings. The summed E-state index contributed by atoms with van der Waals surface area (Å²) in [6.07, 6.45) is 1.75. The average molecular weight is 280 g/mol. The summed E-state index contributed by atoms with van der Waals surface area (Å²) in [5, 5.41) is 0. The molecule has 20 heavy (non-hydrogen) atoms. The lowest BCUT2D eigenvalue weighted by molar-refractivity contribution is 0.0115. The van der Waals surface area contributed by atoms with Crippen LogP contribution >= 0.6 is 0 Å². The van der Waals surface area contributed by atoms with E-state index in [9.17, 15) is 0 Å². The van der Waals surface area contributed by atoms with E-state index in [1.807, 2.05) is 18.2 Å². The highest BCUT2D eigenvalue weighted by Gasteiger charge is 2.24. The molecule has 1 aliphatic rings. The number of benzene rings is 1. The second-order valence-electron chi connectivity index (χ2n) is 5.59. The molecule has 0 saturated heterocycles. The Kier molecular flexibility index (Phi) is 4.86. The fourth-order valence-corrected chi connectivity index (χ4v) is 2.29. The third kappa shape index (κ3) is 3.42. The second-order valence-corrected chi connectivity index (χ2v) is 5.59. The molecule has 1 aliphatic heterocycles. The lowest BCUT2D eigenvalue weighted by Gasteiger charge is -2.28. The summed E-state index contributed by atoms with van der Waals surface area (Å²) in [5.41, 5.74) is 3.75. The number of rotatable bonds is 6. The minimum atomic E-state index is -0.165. The van der Waals surface area contributed by atoms with Crippen LogP contribution in [0.15, 0.2) is 18.2 Å². The number of methoxy groups -OCH3 is 1. The first-order valence-corrected chi connectivity index (χ1v) is 6.97. The van der Waals surface area contributed by atoms with Gasteiger partial charge in [-0.25, -0.2) is 0 Å². The maximum absolute atomic E-state index is 5.74. The standard InChI is InChI=1S/C15H24N2O3/c1-15(2,18-3)8-7-12(17-16)11-5-4-6-13-14(11)20-10-9-19-13/h4-6,12,17H,7-10,16H2,1-3H3. The Morgan fingerprint density at radius 3 is 2.80 bits per heavy atom. The summed E-state index contributed by atoms with van der Waals surface area (Å²) in [7, 11) is 1.73. The molecular formula is C15H24N2O3. The first-order chi connectivity index (χ1) is 9.57. The van der Waals surface area contributed by atoms with Crippen LogP contribution in [0.25, 0.3) is 0 Å². The molecule has 0 spiro atoms. The van der Waals surface area contributed by atoms with Crippen molar-refractivity contribution in [3.05, 3.63) is 23.8 Å². The lowest BCUT2D eigenvalue weighted by atomic mass is 9.94. The summed E-state index contributed by atoms with van der Waals surface area (Å²) in [6.45, 7) is 5.31. The van der Waals surface area contributed by atoms with Gasteiger partial charge in [-0.15, -0.1) is 0 Å². The van der Waals surface area contributed by atoms with Crippen molar-refractivity contribution in [1.82, 2.24) is 5.43 Å². The van der Waals surface area contributed by atoms with Crippen molar-refractivity contribution in [2.45, 2.75) is 38.3 Å². The number of hydrogen-bond donors (Lipinski definition) is 2. The van der Waals surface area contributed by atoms with Crippen LogP contribution in [0.5, 0.6) is 11.5 Å². The van der Waals surface area contributed by atoms with Crippen molar-refractivity contribution < 1.29 is 14.2 Å². The van der Waals surface area contributed by atoms with Crippen LogP contribution in [0.1, 0.15) is 38.3 Å². The highest BCUT2D eigenvalue weighted by Crippen LogP contribution is 2.38. The van der Waals surface area contributed by atoms with Crippen molar-refractivity contribution >= 4 is 0 Å². The van der Waals surface area contributed by atoms with E-state index >= 15 is 0 Å². The van der Waals surface area contributed by atoms with E-state index in [-0.39, 0.29) is 11.6 Å². The predicted molar refractivity (Wildman–Crippen MR) is 77.8 cm³/mol. The molecule has 0 radical (unpaired) electrons. The van der Waals surface area contributed by atoms with Gasteiger partial charge in [0, 0.05) is 18.7 Å². The normalized spacial score (nSPS) is 16.0. The van der Waals surface area contributed by atoms with E-state index in [1.54, 1.807) is 7.11 Å². The van der Waals surface area contributed by atoms with E-state index in [0.717, 1.165) is 29.9 Å². The van der Waals surface area contributed by atoms with Crippen LogP contribution < -0.4 is 20.7 Å². The Morgan fingerprint density at radius 2 is 2.10 bits per heavy atom. The molecule has 1 atom stereocenters. The van der Waals surface area contributed by atoms with Gasteiger partial charge in [-0.3, -0.25) is 11.3 Å². The van der Waals surface area contributed by atoms with Gasteiger partial charge in [0.1, 0.15) is 13.2 Å². The van der Waals surface area contributed by atoms with Crippen molar-refractivity contribution in [3.63, 3.8) is 0 Å². The molecule has 1 aromatic carbocycles. The molecule has 0 fully saturated rings. The summed E-state index contributed by atoms with van der Waals surface area (Å²) in [4.78, 5) is 0. The smallest absolute Gasteiger partial charge is 0.166 e. The Morgan fingerprint density at radius 1 is 1.35 bits per heavy atom. The predicted octanol–water partition coefficient (Wildman–Crippen LogP) is 2.17. The van der Waals surface area contributed by atoms with Crippen LogP contribution in [-0.2, 0) is 4.74 Å². The van der Waals surface area contributed by atoms with Gasteiger partial charge >= 0.3 is 0 Å². The van der Waals surface area contributed by atoms with Crippen LogP contribution in [0.2, 0.25) is 0 Å². The highest BCUT2D eigenvalue weighted by molar-refractivity contribution is 5.48. The van der Waals surface area contributed by atoms with Gasteiger partial charge in [-0.1, -0.05) is 12.1 Å². The quantitative estimate of drug-likeness (QED) is 0.617. The largest absolute Gasteiger partial charge is 0.486 e. The molecule has 5 nitrogen and oxygen atoms in total. The molecule has 5 heteroatoms. The first kappa shape index (κ1) is 15.1. The third-order valence-electron chi connectivity index (χ3n) is 3.76. The van der Waals surface area contributed by atoms with Gasteiger partial charge in [-0.2, -0.15) is 0 Å². The minimum absolute atomic E-state index is 0.0149. The lowest BCUT2D eigenvalue weighted by Crippen LogP contribution is -2.32. The number of ether oxygens (including phenoxy) is 3. The van der Waals surface area contributed by atoms with E-state index in [1.165, 1.54) is 0 Å². The molecule has 112 valence electrons. The maximum Gasteiger partial charge on any atom is 0.166 e. The Balaban J connectivity index is 2.15. The molecule has 0 aromatic heterocycles. The van der Waals surface area contributed by atoms with Crippen molar-refractivity contribution in [2.75, 3.05) is 20.3 Å². The minimum Gasteiger partial charge on any atom is -0.486 e. The monoisotopic (exact) mass is 280 g/mol. The van der Waals surface area contributed by atoms with Crippen LogP contribution in [0.4, 0.5) is 0 Å². The molecule has 0 bridgehead atoms. The maximum atomic E-state index is 5.74. The Labute approximate surface area is 120 Å². The van der Waals surface area contributed by atoms with Crippen molar-refractivity contribution in [1.29, 1.82) is 0 Å². The SMILES string of the molecule is COC(C)(C)CCC(NN)c1cccc2c1OCCO2. The van der Waals surface area contributed by atoms with Crippen LogP contribution in [-0.4, -0.2) is 25.9 Å². The summed E-state index contributed by atoms with van der Waals surface area (Å²) >= 11 is 0. The zero-order valence-corrected chi connectivity index (χ0v) is 12.4. The van der Waals surface area contributed by atoms with E-state index in [2.05, 4.69) is 19.3 Å². The fraction of sp³-hybridized carbons (Fsp3) is 0.600. The van der Waals surface area contributed by atoms with Gasteiger partial charge in [-0.05, 0) is 32.8 Å². The van der Waals surface area contributed by atoms with E-state index in [0.29, 0.717) is 13.2 Å². The number of hydrazine groups is 1.